The Hall–Kier alpha value is -3.08. The molecule has 25 heavy (non-hydrogen) atoms. The van der Waals surface area contributed by atoms with E-state index in [2.05, 4.69) is 10.3 Å². The molecular formula is C20H19N3O2. The Morgan fingerprint density at radius 3 is 2.40 bits per heavy atom. The van der Waals surface area contributed by atoms with E-state index in [0.717, 1.165) is 22.6 Å². The Morgan fingerprint density at radius 1 is 1.16 bits per heavy atom. The van der Waals surface area contributed by atoms with Gasteiger partial charge in [0.1, 0.15) is 11.5 Å². The van der Waals surface area contributed by atoms with Crippen molar-refractivity contribution in [3.63, 3.8) is 0 Å². The number of nitrogens with zero attached hydrogens (tertiary/aromatic N) is 2. The summed E-state index contributed by atoms with van der Waals surface area (Å²) >= 11 is 0. The predicted molar refractivity (Wildman–Crippen MR) is 94.6 cm³/mol. The van der Waals surface area contributed by atoms with Crippen molar-refractivity contribution in [2.75, 3.05) is 0 Å². The summed E-state index contributed by atoms with van der Waals surface area (Å²) < 4.78 is 7.91. The number of imidazole rings is 1. The normalized spacial score (nSPS) is 14.1. The number of para-hydroxylation sites is 2. The van der Waals surface area contributed by atoms with E-state index in [0.29, 0.717) is 6.54 Å². The van der Waals surface area contributed by atoms with E-state index in [1.807, 2.05) is 66.2 Å². The molecule has 2 aromatic carbocycles. The highest BCUT2D eigenvalue weighted by Crippen LogP contribution is 2.43. The summed E-state index contributed by atoms with van der Waals surface area (Å²) in [5.41, 5.74) is 1.79. The number of aromatic nitrogens is 2. The maximum Gasteiger partial charge on any atom is 0.232 e. The van der Waals surface area contributed by atoms with Crippen molar-refractivity contribution in [1.29, 1.82) is 0 Å². The van der Waals surface area contributed by atoms with E-state index in [1.54, 1.807) is 12.5 Å². The van der Waals surface area contributed by atoms with E-state index in [1.165, 1.54) is 0 Å². The predicted octanol–water partition coefficient (Wildman–Crippen LogP) is 3.33. The number of carbonyl (C=O) groups is 1. The second kappa shape index (κ2) is 6.43. The highest BCUT2D eigenvalue weighted by Gasteiger charge is 2.32. The molecule has 0 saturated carbocycles. The zero-order chi connectivity index (χ0) is 17.2. The quantitative estimate of drug-likeness (QED) is 0.797. The topological polar surface area (TPSA) is 56.2 Å². The van der Waals surface area contributed by atoms with Gasteiger partial charge >= 0.3 is 0 Å². The molecule has 0 aliphatic carbocycles. The largest absolute Gasteiger partial charge is 0.457 e. The second-order valence-corrected chi connectivity index (χ2v) is 6.28. The maximum atomic E-state index is 13.1. The highest BCUT2D eigenvalue weighted by atomic mass is 16.5. The van der Waals surface area contributed by atoms with Crippen molar-refractivity contribution < 1.29 is 9.53 Å². The first-order valence-electron chi connectivity index (χ1n) is 8.34. The van der Waals surface area contributed by atoms with Gasteiger partial charge in [-0.05, 0) is 19.1 Å². The molecule has 4 rings (SSSR count). The second-order valence-electron chi connectivity index (χ2n) is 6.28. The lowest BCUT2D eigenvalue weighted by atomic mass is 9.87. The van der Waals surface area contributed by atoms with Crippen LogP contribution in [-0.4, -0.2) is 21.5 Å². The van der Waals surface area contributed by atoms with Gasteiger partial charge < -0.3 is 14.6 Å². The summed E-state index contributed by atoms with van der Waals surface area (Å²) in [5.74, 6) is 1.09. The molecular weight excluding hydrogens is 314 g/mol. The molecule has 0 spiro atoms. The van der Waals surface area contributed by atoms with Gasteiger partial charge in [0.25, 0.3) is 0 Å². The molecule has 0 fully saturated rings. The molecule has 1 aromatic heterocycles. The zero-order valence-corrected chi connectivity index (χ0v) is 13.9. The van der Waals surface area contributed by atoms with Gasteiger partial charge in [0.15, 0.2) is 0 Å². The number of benzene rings is 2. The SMILES string of the molecule is C[C@@H](Cn1ccnc1)NC(=O)C1c2ccccc2Oc2ccccc21. The average Bonchev–Trinajstić information content (AvgIpc) is 3.12. The Kier molecular flexibility index (Phi) is 3.98. The zero-order valence-electron chi connectivity index (χ0n) is 13.9. The number of hydrogen-bond donors (Lipinski definition) is 1. The molecule has 0 saturated heterocycles. The van der Waals surface area contributed by atoms with Gasteiger partial charge in [-0.15, -0.1) is 0 Å². The van der Waals surface area contributed by atoms with Crippen molar-refractivity contribution in [3.05, 3.63) is 78.4 Å². The summed E-state index contributed by atoms with van der Waals surface area (Å²) in [6.07, 6.45) is 5.38. The Morgan fingerprint density at radius 2 is 1.80 bits per heavy atom. The van der Waals surface area contributed by atoms with Crippen molar-refractivity contribution in [3.8, 4) is 11.5 Å². The first kappa shape index (κ1) is 15.4. The Bertz CT molecular complexity index is 844. The fourth-order valence-electron chi connectivity index (χ4n) is 3.28. The smallest absolute Gasteiger partial charge is 0.232 e. The first-order valence-corrected chi connectivity index (χ1v) is 8.34. The van der Waals surface area contributed by atoms with Gasteiger partial charge in [0, 0.05) is 36.1 Å². The summed E-state index contributed by atoms with van der Waals surface area (Å²) in [5, 5.41) is 3.13. The Balaban J connectivity index is 1.61. The average molecular weight is 333 g/mol. The van der Waals surface area contributed by atoms with Crippen LogP contribution in [0.3, 0.4) is 0 Å². The minimum atomic E-state index is -0.369. The lowest BCUT2D eigenvalue weighted by Gasteiger charge is -2.28. The number of ether oxygens (including phenoxy) is 1. The molecule has 1 atom stereocenters. The number of rotatable bonds is 4. The van der Waals surface area contributed by atoms with Crippen molar-refractivity contribution >= 4 is 5.91 Å². The van der Waals surface area contributed by atoms with Crippen LogP contribution in [0, 0.1) is 0 Å². The first-order chi connectivity index (χ1) is 12.2. The third kappa shape index (κ3) is 3.01. The van der Waals surface area contributed by atoms with Gasteiger partial charge in [0.2, 0.25) is 5.91 Å². The van der Waals surface area contributed by atoms with Crippen molar-refractivity contribution in [2.24, 2.45) is 0 Å². The molecule has 1 N–H and O–H groups in total. The van der Waals surface area contributed by atoms with Gasteiger partial charge in [-0.3, -0.25) is 4.79 Å². The number of nitrogens with one attached hydrogen (secondary N) is 1. The van der Waals surface area contributed by atoms with Crippen molar-refractivity contribution in [1.82, 2.24) is 14.9 Å². The third-order valence-electron chi connectivity index (χ3n) is 4.37. The van der Waals surface area contributed by atoms with Crippen LogP contribution in [0.5, 0.6) is 11.5 Å². The van der Waals surface area contributed by atoms with Crippen LogP contribution in [0.25, 0.3) is 0 Å². The van der Waals surface area contributed by atoms with Gasteiger partial charge in [0.05, 0.1) is 12.2 Å². The molecule has 1 amide bonds. The summed E-state index contributed by atoms with van der Waals surface area (Å²) in [6.45, 7) is 2.67. The van der Waals surface area contributed by atoms with Crippen molar-refractivity contribution in [2.45, 2.75) is 25.4 Å². The molecule has 0 bridgehead atoms. The molecule has 1 aliphatic rings. The standard InChI is InChI=1S/C20H19N3O2/c1-14(12-23-11-10-21-13-23)22-20(24)19-15-6-2-4-8-17(15)25-18-9-5-3-7-16(18)19/h2-11,13-14,19H,12H2,1H3,(H,22,24)/t14-/m0/s1. The number of amides is 1. The van der Waals surface area contributed by atoms with E-state index >= 15 is 0 Å². The van der Waals surface area contributed by atoms with E-state index in [4.69, 9.17) is 4.74 Å². The Labute approximate surface area is 146 Å². The summed E-state index contributed by atoms with van der Waals surface area (Å²) in [6, 6.07) is 15.4. The van der Waals surface area contributed by atoms with Gasteiger partial charge in [-0.2, -0.15) is 0 Å². The molecule has 5 nitrogen and oxygen atoms in total. The number of hydrogen-bond acceptors (Lipinski definition) is 3. The fraction of sp³-hybridized carbons (Fsp3) is 0.200. The minimum absolute atomic E-state index is 0.0103. The molecule has 3 aromatic rings. The highest BCUT2D eigenvalue weighted by molar-refractivity contribution is 5.89. The van der Waals surface area contributed by atoms with Crippen LogP contribution in [0.2, 0.25) is 0 Å². The van der Waals surface area contributed by atoms with Crippen LogP contribution >= 0.6 is 0 Å². The van der Waals surface area contributed by atoms with Crippen LogP contribution < -0.4 is 10.1 Å². The summed E-state index contributed by atoms with van der Waals surface area (Å²) in [7, 11) is 0. The van der Waals surface area contributed by atoms with E-state index < -0.39 is 0 Å². The van der Waals surface area contributed by atoms with Crippen LogP contribution in [-0.2, 0) is 11.3 Å². The van der Waals surface area contributed by atoms with E-state index in [9.17, 15) is 4.79 Å². The molecule has 126 valence electrons. The summed E-state index contributed by atoms with van der Waals surface area (Å²) in [4.78, 5) is 17.1. The molecule has 0 radical (unpaired) electrons. The molecule has 5 heteroatoms. The maximum absolute atomic E-state index is 13.1. The molecule has 2 heterocycles. The molecule has 1 aliphatic heterocycles. The van der Waals surface area contributed by atoms with E-state index in [-0.39, 0.29) is 17.9 Å². The van der Waals surface area contributed by atoms with Crippen LogP contribution in [0.1, 0.15) is 24.0 Å². The lowest BCUT2D eigenvalue weighted by molar-refractivity contribution is -0.122. The minimum Gasteiger partial charge on any atom is -0.457 e. The van der Waals surface area contributed by atoms with Crippen LogP contribution in [0.4, 0.5) is 0 Å². The number of fused-ring (bicyclic) bond motifs is 2. The molecule has 0 unspecified atom stereocenters. The monoisotopic (exact) mass is 333 g/mol. The fourth-order valence-corrected chi connectivity index (χ4v) is 3.28. The van der Waals surface area contributed by atoms with Crippen LogP contribution in [0.15, 0.2) is 67.3 Å². The lowest BCUT2D eigenvalue weighted by Crippen LogP contribution is -2.39. The third-order valence-corrected chi connectivity index (χ3v) is 4.37. The van der Waals surface area contributed by atoms with Gasteiger partial charge in [-0.25, -0.2) is 4.98 Å². The number of carbonyl (C=O) groups excluding carboxylic acids is 1. The van der Waals surface area contributed by atoms with Gasteiger partial charge in [-0.1, -0.05) is 36.4 Å².